The summed E-state index contributed by atoms with van der Waals surface area (Å²) in [6.45, 7) is 0. The van der Waals surface area contributed by atoms with Gasteiger partial charge in [0.1, 0.15) is 0 Å². The molecule has 0 aliphatic carbocycles. The van der Waals surface area contributed by atoms with E-state index in [0.29, 0.717) is 10.3 Å². The molecule has 1 heterocycles. The van der Waals surface area contributed by atoms with E-state index in [4.69, 9.17) is 10.4 Å². The van der Waals surface area contributed by atoms with E-state index in [0.717, 1.165) is 0 Å². The molecule has 0 amide bonds. The van der Waals surface area contributed by atoms with E-state index < -0.39 is 0 Å². The molecule has 0 unspecified atom stereocenters. The molecule has 8 heavy (non-hydrogen) atoms. The summed E-state index contributed by atoms with van der Waals surface area (Å²) < 4.78 is 0. The van der Waals surface area contributed by atoms with Gasteiger partial charge in [-0.3, -0.25) is 10.4 Å². The molecular weight excluding hydrogens is 108 g/mol. The molecule has 44 valence electrons. The first-order valence-electron chi connectivity index (χ1n) is 2.12. The average molecular weight is 114 g/mol. The van der Waals surface area contributed by atoms with E-state index in [2.05, 4.69) is 0 Å². The molecule has 0 bridgehead atoms. The molecule has 0 aromatic rings. The van der Waals surface area contributed by atoms with E-state index in [1.165, 1.54) is 12.4 Å². The SMILES string of the molecule is ON1C=CC=CN1O. The molecule has 0 aromatic heterocycles. The number of hydroxylamine groups is 2. The molecule has 1 aliphatic rings. The van der Waals surface area contributed by atoms with Crippen molar-refractivity contribution in [2.24, 2.45) is 0 Å². The van der Waals surface area contributed by atoms with Crippen LogP contribution in [0, 0.1) is 0 Å². The summed E-state index contributed by atoms with van der Waals surface area (Å²) in [5.41, 5.74) is 0. The minimum absolute atomic E-state index is 0.556. The molecule has 2 N–H and O–H groups in total. The summed E-state index contributed by atoms with van der Waals surface area (Å²) in [7, 11) is 0. The molecule has 0 saturated carbocycles. The van der Waals surface area contributed by atoms with Crippen molar-refractivity contribution in [3.63, 3.8) is 0 Å². The Kier molecular flexibility index (Phi) is 1.19. The lowest BCUT2D eigenvalue weighted by Crippen LogP contribution is -2.29. The van der Waals surface area contributed by atoms with Crippen molar-refractivity contribution < 1.29 is 10.4 Å². The van der Waals surface area contributed by atoms with Gasteiger partial charge in [-0.1, -0.05) is 0 Å². The maximum absolute atomic E-state index is 8.55. The number of hydrazine groups is 1. The lowest BCUT2D eigenvalue weighted by Gasteiger charge is -2.21. The standard InChI is InChI=1S/C4H6N2O2/c7-5-3-1-2-4-6(5)8/h1-4,7-8H. The van der Waals surface area contributed by atoms with Gasteiger partial charge in [0.2, 0.25) is 0 Å². The third-order valence-electron chi connectivity index (χ3n) is 0.760. The molecule has 0 fully saturated rings. The van der Waals surface area contributed by atoms with Crippen LogP contribution in [0.1, 0.15) is 0 Å². The van der Waals surface area contributed by atoms with Gasteiger partial charge in [-0.2, -0.15) is 0 Å². The van der Waals surface area contributed by atoms with Crippen LogP contribution in [-0.2, 0) is 0 Å². The van der Waals surface area contributed by atoms with Crippen LogP contribution in [0.15, 0.2) is 24.6 Å². The van der Waals surface area contributed by atoms with Gasteiger partial charge >= 0.3 is 0 Å². The van der Waals surface area contributed by atoms with Gasteiger partial charge < -0.3 is 0 Å². The van der Waals surface area contributed by atoms with Gasteiger partial charge in [-0.05, 0) is 12.2 Å². The largest absolute Gasteiger partial charge is 0.267 e. The van der Waals surface area contributed by atoms with Gasteiger partial charge in [0.15, 0.2) is 0 Å². The minimum Gasteiger partial charge on any atom is -0.267 e. The molecule has 4 heteroatoms. The second kappa shape index (κ2) is 1.85. The van der Waals surface area contributed by atoms with Gasteiger partial charge in [0, 0.05) is 0 Å². The fourth-order valence-electron chi connectivity index (χ4n) is 0.390. The van der Waals surface area contributed by atoms with Gasteiger partial charge in [-0.15, -0.1) is 10.3 Å². The lowest BCUT2D eigenvalue weighted by atomic mass is 10.5. The summed E-state index contributed by atoms with van der Waals surface area (Å²) in [6, 6.07) is 0. The van der Waals surface area contributed by atoms with Crippen molar-refractivity contribution in [2.75, 3.05) is 0 Å². The van der Waals surface area contributed by atoms with Crippen LogP contribution in [-0.4, -0.2) is 20.8 Å². The molecule has 0 aromatic carbocycles. The van der Waals surface area contributed by atoms with E-state index in [9.17, 15) is 0 Å². The smallest absolute Gasteiger partial charge is 0.0542 e. The Balaban J connectivity index is 2.59. The summed E-state index contributed by atoms with van der Waals surface area (Å²) in [5.74, 6) is 0. The predicted octanol–water partition coefficient (Wildman–Crippen LogP) is 0.325. The Hall–Kier alpha value is -1.00. The maximum Gasteiger partial charge on any atom is 0.0542 e. The normalized spacial score (nSPS) is 17.8. The van der Waals surface area contributed by atoms with Gasteiger partial charge in [0.25, 0.3) is 0 Å². The van der Waals surface area contributed by atoms with Crippen molar-refractivity contribution in [2.45, 2.75) is 0 Å². The number of allylic oxidation sites excluding steroid dienone is 2. The summed E-state index contributed by atoms with van der Waals surface area (Å²) >= 11 is 0. The topological polar surface area (TPSA) is 46.9 Å². The Bertz CT molecular complexity index is 116. The fourth-order valence-corrected chi connectivity index (χ4v) is 0.390. The first-order valence-corrected chi connectivity index (χ1v) is 2.12. The van der Waals surface area contributed by atoms with Crippen LogP contribution in [0.2, 0.25) is 0 Å². The number of nitrogens with zero attached hydrogens (tertiary/aromatic N) is 2. The highest BCUT2D eigenvalue weighted by Crippen LogP contribution is 1.97. The van der Waals surface area contributed by atoms with Crippen LogP contribution in [0.4, 0.5) is 0 Å². The average Bonchev–Trinajstić information content (AvgIpc) is 1.77. The zero-order chi connectivity index (χ0) is 5.98. The van der Waals surface area contributed by atoms with Crippen LogP contribution in [0.25, 0.3) is 0 Å². The van der Waals surface area contributed by atoms with E-state index in [1.807, 2.05) is 0 Å². The van der Waals surface area contributed by atoms with E-state index >= 15 is 0 Å². The van der Waals surface area contributed by atoms with Gasteiger partial charge in [-0.25, -0.2) is 0 Å². The Morgan fingerprint density at radius 2 is 1.25 bits per heavy atom. The first kappa shape index (κ1) is 5.14. The monoisotopic (exact) mass is 114 g/mol. The van der Waals surface area contributed by atoms with Crippen LogP contribution in [0.5, 0.6) is 0 Å². The fraction of sp³-hybridized carbons (Fsp3) is 0. The lowest BCUT2D eigenvalue weighted by molar-refractivity contribution is -0.313. The first-order chi connectivity index (χ1) is 3.80. The van der Waals surface area contributed by atoms with Crippen LogP contribution >= 0.6 is 0 Å². The van der Waals surface area contributed by atoms with E-state index in [-0.39, 0.29) is 0 Å². The summed E-state index contributed by atoms with van der Waals surface area (Å²) in [4.78, 5) is 0. The van der Waals surface area contributed by atoms with Crippen LogP contribution < -0.4 is 0 Å². The summed E-state index contributed by atoms with van der Waals surface area (Å²) in [6.07, 6.45) is 5.79. The molecular formula is C4H6N2O2. The maximum atomic E-state index is 8.55. The Morgan fingerprint density at radius 1 is 0.875 bits per heavy atom. The molecule has 4 nitrogen and oxygen atoms in total. The molecule has 0 spiro atoms. The quantitative estimate of drug-likeness (QED) is 0.476. The molecule has 1 aliphatic heterocycles. The molecule has 0 saturated heterocycles. The highest BCUT2D eigenvalue weighted by Gasteiger charge is 1.99. The van der Waals surface area contributed by atoms with Crippen LogP contribution in [0.3, 0.4) is 0 Å². The number of rotatable bonds is 0. The number of hydrogen-bond acceptors (Lipinski definition) is 4. The zero-order valence-corrected chi connectivity index (χ0v) is 4.10. The highest BCUT2D eigenvalue weighted by molar-refractivity contribution is 5.02. The third kappa shape index (κ3) is 0.800. The molecule has 1 rings (SSSR count). The molecule has 0 radical (unpaired) electrons. The highest BCUT2D eigenvalue weighted by atomic mass is 16.7. The second-order valence-corrected chi connectivity index (χ2v) is 1.32. The zero-order valence-electron chi connectivity index (χ0n) is 4.10. The summed E-state index contributed by atoms with van der Waals surface area (Å²) in [5, 5.41) is 18.2. The van der Waals surface area contributed by atoms with Crippen molar-refractivity contribution in [1.29, 1.82) is 0 Å². The van der Waals surface area contributed by atoms with E-state index in [1.54, 1.807) is 12.2 Å². The third-order valence-corrected chi connectivity index (χ3v) is 0.760. The van der Waals surface area contributed by atoms with Crippen molar-refractivity contribution in [3.05, 3.63) is 24.6 Å². The number of hydrogen-bond donors (Lipinski definition) is 2. The Morgan fingerprint density at radius 3 is 1.50 bits per heavy atom. The molecule has 0 atom stereocenters. The van der Waals surface area contributed by atoms with Gasteiger partial charge in [0.05, 0.1) is 12.4 Å². The second-order valence-electron chi connectivity index (χ2n) is 1.32. The predicted molar refractivity (Wildman–Crippen MR) is 25.5 cm³/mol. The van der Waals surface area contributed by atoms with Crippen molar-refractivity contribution >= 4 is 0 Å². The van der Waals surface area contributed by atoms with Crippen molar-refractivity contribution in [3.8, 4) is 0 Å². The Labute approximate surface area is 46.4 Å². The minimum atomic E-state index is 0.556. The van der Waals surface area contributed by atoms with Crippen molar-refractivity contribution in [1.82, 2.24) is 10.3 Å².